The number of nitrogens with zero attached hydrogens (tertiary/aromatic N) is 1. The fourth-order valence-corrected chi connectivity index (χ4v) is 3.72. The van der Waals surface area contributed by atoms with Crippen LogP contribution in [0.3, 0.4) is 0 Å². The third-order valence-electron chi connectivity index (χ3n) is 4.13. The summed E-state index contributed by atoms with van der Waals surface area (Å²) in [5.74, 6) is -0.0995. The Morgan fingerprint density at radius 2 is 1.60 bits per heavy atom. The van der Waals surface area contributed by atoms with Crippen LogP contribution in [0, 0.1) is 0 Å². The molecule has 2 rings (SSSR count). The quantitative estimate of drug-likeness (QED) is 0.787. The Hall–Kier alpha value is -2.18. The lowest BCUT2D eigenvalue weighted by molar-refractivity contribution is -0.121. The molecule has 134 valence electrons. The summed E-state index contributed by atoms with van der Waals surface area (Å²) in [4.78, 5) is 12.3. The highest BCUT2D eigenvalue weighted by molar-refractivity contribution is 7.89. The Morgan fingerprint density at radius 3 is 2.16 bits per heavy atom. The van der Waals surface area contributed by atoms with Gasteiger partial charge in [-0.05, 0) is 24.1 Å². The molecule has 2 aromatic carbocycles. The van der Waals surface area contributed by atoms with Crippen molar-refractivity contribution >= 4 is 15.9 Å². The Morgan fingerprint density at radius 1 is 1.04 bits per heavy atom. The van der Waals surface area contributed by atoms with Gasteiger partial charge < -0.3 is 5.32 Å². The van der Waals surface area contributed by atoms with Gasteiger partial charge in [0.2, 0.25) is 15.9 Å². The number of benzene rings is 2. The van der Waals surface area contributed by atoms with Gasteiger partial charge in [-0.1, -0.05) is 55.5 Å². The SMILES string of the molecule is CCC(CNC(=O)CN(C)S(=O)(=O)c1ccccc1)c1ccccc1. The molecule has 0 aromatic heterocycles. The van der Waals surface area contributed by atoms with Crippen molar-refractivity contribution in [2.75, 3.05) is 20.1 Å². The van der Waals surface area contributed by atoms with Crippen molar-refractivity contribution in [3.05, 3.63) is 66.2 Å². The first-order chi connectivity index (χ1) is 11.9. The van der Waals surface area contributed by atoms with E-state index < -0.39 is 10.0 Å². The average Bonchev–Trinajstić information content (AvgIpc) is 2.63. The van der Waals surface area contributed by atoms with E-state index in [0.717, 1.165) is 16.3 Å². The number of hydrogen-bond acceptors (Lipinski definition) is 3. The Labute approximate surface area is 149 Å². The Bertz CT molecular complexity index is 777. The molecule has 1 unspecified atom stereocenters. The van der Waals surface area contributed by atoms with E-state index in [1.807, 2.05) is 30.3 Å². The van der Waals surface area contributed by atoms with E-state index in [1.165, 1.54) is 19.2 Å². The fraction of sp³-hybridized carbons (Fsp3) is 0.316. The predicted octanol–water partition coefficient (Wildman–Crippen LogP) is 2.62. The smallest absolute Gasteiger partial charge is 0.243 e. The van der Waals surface area contributed by atoms with E-state index in [2.05, 4.69) is 12.2 Å². The van der Waals surface area contributed by atoms with Gasteiger partial charge in [-0.25, -0.2) is 8.42 Å². The first-order valence-electron chi connectivity index (χ1n) is 8.28. The molecule has 0 heterocycles. The largest absolute Gasteiger partial charge is 0.354 e. The lowest BCUT2D eigenvalue weighted by atomic mass is 9.96. The van der Waals surface area contributed by atoms with Gasteiger partial charge in [-0.3, -0.25) is 4.79 Å². The summed E-state index contributed by atoms with van der Waals surface area (Å²) >= 11 is 0. The lowest BCUT2D eigenvalue weighted by Crippen LogP contribution is -2.39. The van der Waals surface area contributed by atoms with Crippen molar-refractivity contribution in [3.63, 3.8) is 0 Å². The topological polar surface area (TPSA) is 66.5 Å². The van der Waals surface area contributed by atoms with E-state index in [4.69, 9.17) is 0 Å². The molecule has 5 nitrogen and oxygen atoms in total. The molecule has 0 saturated carbocycles. The molecule has 0 aliphatic carbocycles. The number of carbonyl (C=O) groups excluding carboxylic acids is 1. The Balaban J connectivity index is 1.93. The van der Waals surface area contributed by atoms with Crippen LogP contribution in [0.2, 0.25) is 0 Å². The molecule has 0 fully saturated rings. The van der Waals surface area contributed by atoms with Crippen LogP contribution in [-0.4, -0.2) is 38.8 Å². The maximum absolute atomic E-state index is 12.4. The lowest BCUT2D eigenvalue weighted by Gasteiger charge is -2.19. The average molecular weight is 360 g/mol. The molecule has 0 aliphatic rings. The van der Waals surface area contributed by atoms with E-state index >= 15 is 0 Å². The molecular formula is C19H24N2O3S. The predicted molar refractivity (Wildman–Crippen MR) is 98.7 cm³/mol. The van der Waals surface area contributed by atoms with Crippen LogP contribution in [0.5, 0.6) is 0 Å². The van der Waals surface area contributed by atoms with Gasteiger partial charge >= 0.3 is 0 Å². The van der Waals surface area contributed by atoms with Gasteiger partial charge in [0.1, 0.15) is 0 Å². The molecule has 25 heavy (non-hydrogen) atoms. The summed E-state index contributed by atoms with van der Waals surface area (Å²) in [6.45, 7) is 2.34. The number of carbonyl (C=O) groups is 1. The summed E-state index contributed by atoms with van der Waals surface area (Å²) in [7, 11) is -2.24. The summed E-state index contributed by atoms with van der Waals surface area (Å²) in [5.41, 5.74) is 1.16. The first-order valence-corrected chi connectivity index (χ1v) is 9.72. The van der Waals surface area contributed by atoms with Crippen LogP contribution in [0.1, 0.15) is 24.8 Å². The maximum Gasteiger partial charge on any atom is 0.243 e. The van der Waals surface area contributed by atoms with Gasteiger partial charge in [0, 0.05) is 19.5 Å². The van der Waals surface area contributed by atoms with Crippen molar-refractivity contribution < 1.29 is 13.2 Å². The second kappa shape index (κ2) is 8.78. The van der Waals surface area contributed by atoms with Crippen LogP contribution >= 0.6 is 0 Å². The van der Waals surface area contributed by atoms with Crippen LogP contribution in [0.25, 0.3) is 0 Å². The second-order valence-corrected chi connectivity index (χ2v) is 7.94. The van der Waals surface area contributed by atoms with Crippen LogP contribution in [0.4, 0.5) is 0 Å². The number of amides is 1. The minimum atomic E-state index is -3.66. The number of nitrogens with one attached hydrogen (secondary N) is 1. The maximum atomic E-state index is 12.4. The van der Waals surface area contributed by atoms with E-state index in [-0.39, 0.29) is 23.3 Å². The molecule has 2 aromatic rings. The summed E-state index contributed by atoms with van der Waals surface area (Å²) in [6.07, 6.45) is 0.891. The second-order valence-electron chi connectivity index (χ2n) is 5.89. The molecule has 1 N–H and O–H groups in total. The first kappa shape index (κ1) is 19.1. The van der Waals surface area contributed by atoms with Crippen molar-refractivity contribution in [1.82, 2.24) is 9.62 Å². The van der Waals surface area contributed by atoms with Gasteiger partial charge in [0.25, 0.3) is 0 Å². The van der Waals surface area contributed by atoms with Crippen molar-refractivity contribution in [2.24, 2.45) is 0 Å². The molecule has 0 spiro atoms. The molecule has 0 aliphatic heterocycles. The molecule has 0 saturated heterocycles. The van der Waals surface area contributed by atoms with E-state index in [9.17, 15) is 13.2 Å². The minimum absolute atomic E-state index is 0.182. The highest BCUT2D eigenvalue weighted by Crippen LogP contribution is 2.18. The number of rotatable bonds is 8. The highest BCUT2D eigenvalue weighted by Gasteiger charge is 2.22. The zero-order chi connectivity index (χ0) is 18.3. The zero-order valence-electron chi connectivity index (χ0n) is 14.6. The molecule has 1 atom stereocenters. The van der Waals surface area contributed by atoms with Crippen LogP contribution in [0.15, 0.2) is 65.6 Å². The monoisotopic (exact) mass is 360 g/mol. The molecule has 6 heteroatoms. The van der Waals surface area contributed by atoms with E-state index in [1.54, 1.807) is 18.2 Å². The molecule has 1 amide bonds. The van der Waals surface area contributed by atoms with Crippen LogP contribution in [-0.2, 0) is 14.8 Å². The molecule has 0 radical (unpaired) electrons. The van der Waals surface area contributed by atoms with Gasteiger partial charge in [0.05, 0.1) is 11.4 Å². The Kier molecular flexibility index (Phi) is 6.73. The molecular weight excluding hydrogens is 336 g/mol. The van der Waals surface area contributed by atoms with Gasteiger partial charge in [-0.2, -0.15) is 4.31 Å². The van der Waals surface area contributed by atoms with Crippen molar-refractivity contribution in [2.45, 2.75) is 24.2 Å². The van der Waals surface area contributed by atoms with E-state index in [0.29, 0.717) is 6.54 Å². The standard InChI is InChI=1S/C19H24N2O3S/c1-3-16(17-10-6-4-7-11-17)14-20-19(22)15-21(2)25(23,24)18-12-8-5-9-13-18/h4-13,16H,3,14-15H2,1-2H3,(H,20,22). The van der Waals surface area contributed by atoms with Crippen molar-refractivity contribution in [1.29, 1.82) is 0 Å². The molecule has 0 bridgehead atoms. The summed E-state index contributed by atoms with van der Waals surface area (Å²) in [5, 5.41) is 2.84. The summed E-state index contributed by atoms with van der Waals surface area (Å²) in [6, 6.07) is 18.1. The normalized spacial score (nSPS) is 12.8. The third-order valence-corrected chi connectivity index (χ3v) is 5.94. The highest BCUT2D eigenvalue weighted by atomic mass is 32.2. The van der Waals surface area contributed by atoms with Crippen molar-refractivity contribution in [3.8, 4) is 0 Å². The number of sulfonamides is 1. The van der Waals surface area contributed by atoms with Gasteiger partial charge in [-0.15, -0.1) is 0 Å². The van der Waals surface area contributed by atoms with Crippen LogP contribution < -0.4 is 5.32 Å². The number of likely N-dealkylation sites (N-methyl/N-ethyl adjacent to an activating group) is 1. The summed E-state index contributed by atoms with van der Waals surface area (Å²) < 4.78 is 25.9. The third kappa shape index (κ3) is 5.14. The van der Waals surface area contributed by atoms with Gasteiger partial charge in [0.15, 0.2) is 0 Å². The minimum Gasteiger partial charge on any atom is -0.354 e. The zero-order valence-corrected chi connectivity index (χ0v) is 15.4. The number of hydrogen-bond donors (Lipinski definition) is 1. The fourth-order valence-electron chi connectivity index (χ4n) is 2.58.